The smallest absolute Gasteiger partial charge is 0.0590 e. The third-order valence-electron chi connectivity index (χ3n) is 6.11. The zero-order valence-corrected chi connectivity index (χ0v) is 19.0. The molecule has 0 saturated heterocycles. The van der Waals surface area contributed by atoms with Crippen LogP contribution < -0.4 is 5.32 Å². The Labute approximate surface area is 192 Å². The Morgan fingerprint density at radius 1 is 0.625 bits per heavy atom. The zero-order valence-electron chi connectivity index (χ0n) is 18.1. The predicted octanol–water partition coefficient (Wildman–Crippen LogP) is 9.24. The first-order chi connectivity index (χ1) is 15.7. The topological polar surface area (TPSA) is 12.0 Å². The second-order valence-electron chi connectivity index (χ2n) is 8.52. The molecule has 154 valence electrons. The minimum atomic E-state index is 1.10. The molecule has 5 aromatic carbocycles. The minimum Gasteiger partial charge on any atom is -0.354 e. The van der Waals surface area contributed by atoms with Crippen molar-refractivity contribution < 1.29 is 0 Å². The summed E-state index contributed by atoms with van der Waals surface area (Å²) in [5.41, 5.74) is 7.37. The molecule has 6 rings (SSSR count). The number of hydrogen-bond acceptors (Lipinski definition) is 2. The van der Waals surface area contributed by atoms with Crippen LogP contribution in [-0.4, -0.2) is 0 Å². The summed E-state index contributed by atoms with van der Waals surface area (Å²) in [5, 5.41) is 8.96. The molecule has 0 saturated carbocycles. The molecule has 0 spiro atoms. The Balaban J connectivity index is 1.40. The fraction of sp³-hybridized carbons (Fsp3) is 0.0667. The van der Waals surface area contributed by atoms with Crippen LogP contribution in [0.25, 0.3) is 42.1 Å². The third kappa shape index (κ3) is 3.24. The lowest BCUT2D eigenvalue weighted by Gasteiger charge is -2.10. The first-order valence-electron chi connectivity index (χ1n) is 10.9. The number of benzene rings is 5. The second kappa shape index (κ2) is 7.51. The third-order valence-corrected chi connectivity index (χ3v) is 7.31. The maximum absolute atomic E-state index is 3.67. The normalized spacial score (nSPS) is 11.4. The van der Waals surface area contributed by atoms with Crippen LogP contribution in [0.1, 0.15) is 11.1 Å². The Morgan fingerprint density at radius 2 is 1.38 bits per heavy atom. The first-order valence-corrected chi connectivity index (χ1v) is 11.8. The Morgan fingerprint density at radius 3 is 2.19 bits per heavy atom. The van der Waals surface area contributed by atoms with E-state index in [1.54, 1.807) is 0 Å². The first kappa shape index (κ1) is 19.1. The van der Waals surface area contributed by atoms with Crippen molar-refractivity contribution in [2.45, 2.75) is 13.8 Å². The monoisotopic (exact) mass is 429 g/mol. The van der Waals surface area contributed by atoms with Crippen molar-refractivity contribution in [3.8, 4) is 11.1 Å². The summed E-state index contributed by atoms with van der Waals surface area (Å²) < 4.78 is 2.63. The average molecular weight is 430 g/mol. The van der Waals surface area contributed by atoms with Gasteiger partial charge in [0.15, 0.2) is 0 Å². The Hall–Kier alpha value is -3.62. The van der Waals surface area contributed by atoms with Gasteiger partial charge >= 0.3 is 0 Å². The summed E-state index contributed by atoms with van der Waals surface area (Å²) in [7, 11) is 0. The Bertz CT molecular complexity index is 1590. The van der Waals surface area contributed by atoms with E-state index in [0.717, 1.165) is 11.4 Å². The maximum atomic E-state index is 3.67. The van der Waals surface area contributed by atoms with Crippen molar-refractivity contribution in [1.29, 1.82) is 0 Å². The lowest BCUT2D eigenvalue weighted by atomic mass is 10.0. The molecule has 32 heavy (non-hydrogen) atoms. The number of anilines is 2. The maximum Gasteiger partial charge on any atom is 0.0590 e. The minimum absolute atomic E-state index is 1.10. The van der Waals surface area contributed by atoms with Crippen molar-refractivity contribution in [2.24, 2.45) is 0 Å². The van der Waals surface area contributed by atoms with E-state index in [1.807, 2.05) is 11.3 Å². The fourth-order valence-corrected chi connectivity index (χ4v) is 5.90. The van der Waals surface area contributed by atoms with Crippen LogP contribution in [0, 0.1) is 13.8 Å². The molecule has 0 amide bonds. The van der Waals surface area contributed by atoms with Crippen LogP contribution in [-0.2, 0) is 0 Å². The molecule has 1 heterocycles. The lowest BCUT2D eigenvalue weighted by Crippen LogP contribution is -1.90. The summed E-state index contributed by atoms with van der Waals surface area (Å²) in [6.07, 6.45) is 0. The molecule has 0 aliphatic carbocycles. The molecule has 0 fully saturated rings. The number of thiophene rings is 1. The molecule has 0 aliphatic heterocycles. The highest BCUT2D eigenvalue weighted by Gasteiger charge is 2.12. The molecular formula is C30H23NS. The van der Waals surface area contributed by atoms with Crippen LogP contribution in [0.3, 0.4) is 0 Å². The number of hydrogen-bond donors (Lipinski definition) is 1. The van der Waals surface area contributed by atoms with Gasteiger partial charge in [-0.2, -0.15) is 0 Å². The molecule has 0 unspecified atom stereocenters. The van der Waals surface area contributed by atoms with Gasteiger partial charge in [-0.25, -0.2) is 0 Å². The van der Waals surface area contributed by atoms with Crippen molar-refractivity contribution in [3.05, 3.63) is 108 Å². The zero-order chi connectivity index (χ0) is 21.7. The van der Waals surface area contributed by atoms with E-state index in [1.165, 1.54) is 53.2 Å². The number of aryl methyl sites for hydroxylation is 2. The largest absolute Gasteiger partial charge is 0.354 e. The lowest BCUT2D eigenvalue weighted by molar-refractivity contribution is 1.38. The van der Waals surface area contributed by atoms with Crippen LogP contribution in [0.4, 0.5) is 11.4 Å². The van der Waals surface area contributed by atoms with Gasteiger partial charge in [-0.05, 0) is 60.0 Å². The molecule has 0 atom stereocenters. The molecule has 1 aromatic heterocycles. The fourth-order valence-electron chi connectivity index (χ4n) is 4.71. The highest BCUT2D eigenvalue weighted by atomic mass is 32.1. The Kier molecular flexibility index (Phi) is 4.48. The number of rotatable bonds is 3. The van der Waals surface area contributed by atoms with E-state index >= 15 is 0 Å². The number of fused-ring (bicyclic) bond motifs is 5. The quantitative estimate of drug-likeness (QED) is 0.295. The SMILES string of the molecule is Cc1cc(C)cc(-c2ccc(Nc3cccc4c3sc3ccc5ccccc5c34)cc2)c1. The number of nitrogens with one attached hydrogen (secondary N) is 1. The van der Waals surface area contributed by atoms with Gasteiger partial charge in [0.1, 0.15) is 0 Å². The van der Waals surface area contributed by atoms with Gasteiger partial charge < -0.3 is 5.32 Å². The van der Waals surface area contributed by atoms with Crippen LogP contribution >= 0.6 is 11.3 Å². The van der Waals surface area contributed by atoms with Crippen LogP contribution in [0.5, 0.6) is 0 Å². The van der Waals surface area contributed by atoms with E-state index in [2.05, 4.69) is 116 Å². The van der Waals surface area contributed by atoms with E-state index in [0.29, 0.717) is 0 Å². The van der Waals surface area contributed by atoms with Gasteiger partial charge in [0.2, 0.25) is 0 Å². The van der Waals surface area contributed by atoms with E-state index < -0.39 is 0 Å². The van der Waals surface area contributed by atoms with Gasteiger partial charge in [0.05, 0.1) is 10.4 Å². The summed E-state index contributed by atoms with van der Waals surface area (Å²) in [5.74, 6) is 0. The summed E-state index contributed by atoms with van der Waals surface area (Å²) in [6, 6.07) is 35.2. The van der Waals surface area contributed by atoms with E-state index in [9.17, 15) is 0 Å². The van der Waals surface area contributed by atoms with Gasteiger partial charge in [-0.1, -0.05) is 83.9 Å². The molecule has 1 N–H and O–H groups in total. The van der Waals surface area contributed by atoms with Crippen molar-refractivity contribution in [2.75, 3.05) is 5.32 Å². The summed E-state index contributed by atoms with van der Waals surface area (Å²) in [4.78, 5) is 0. The molecule has 1 nitrogen and oxygen atoms in total. The van der Waals surface area contributed by atoms with Crippen molar-refractivity contribution in [1.82, 2.24) is 0 Å². The van der Waals surface area contributed by atoms with Crippen molar-refractivity contribution >= 4 is 53.7 Å². The van der Waals surface area contributed by atoms with E-state index in [-0.39, 0.29) is 0 Å². The highest BCUT2D eigenvalue weighted by molar-refractivity contribution is 7.26. The molecule has 2 heteroatoms. The van der Waals surface area contributed by atoms with Gasteiger partial charge in [0, 0.05) is 21.2 Å². The van der Waals surface area contributed by atoms with Crippen LogP contribution in [0.15, 0.2) is 97.1 Å². The predicted molar refractivity (Wildman–Crippen MR) is 141 cm³/mol. The molecule has 6 aromatic rings. The summed E-state index contributed by atoms with van der Waals surface area (Å²) >= 11 is 1.86. The van der Waals surface area contributed by atoms with Crippen LogP contribution in [0.2, 0.25) is 0 Å². The second-order valence-corrected chi connectivity index (χ2v) is 9.58. The average Bonchev–Trinajstić information content (AvgIpc) is 3.19. The molecule has 0 bridgehead atoms. The molecule has 0 aliphatic rings. The molecular weight excluding hydrogens is 406 g/mol. The van der Waals surface area contributed by atoms with Gasteiger partial charge in [-0.3, -0.25) is 0 Å². The van der Waals surface area contributed by atoms with Crippen molar-refractivity contribution in [3.63, 3.8) is 0 Å². The van der Waals surface area contributed by atoms with Gasteiger partial charge in [0.25, 0.3) is 0 Å². The standard InChI is InChI=1S/C30H23NS/c1-19-16-20(2)18-23(17-19)21-10-13-24(14-11-21)31-27-9-5-8-26-29-25-7-4-3-6-22(25)12-15-28(29)32-30(26)27/h3-18,31H,1-2H3. The highest BCUT2D eigenvalue weighted by Crippen LogP contribution is 2.42. The van der Waals surface area contributed by atoms with E-state index in [4.69, 9.17) is 0 Å². The summed E-state index contributed by atoms with van der Waals surface area (Å²) in [6.45, 7) is 4.31. The van der Waals surface area contributed by atoms with Gasteiger partial charge in [-0.15, -0.1) is 11.3 Å². The molecule has 0 radical (unpaired) electrons.